The smallest absolute Gasteiger partial charge is 0.193 e. The summed E-state index contributed by atoms with van der Waals surface area (Å²) >= 11 is 1.86. The van der Waals surface area contributed by atoms with Gasteiger partial charge in [-0.25, -0.2) is 4.98 Å². The lowest BCUT2D eigenvalue weighted by molar-refractivity contribution is 0.473. The highest BCUT2D eigenvalue weighted by atomic mass is 127. The van der Waals surface area contributed by atoms with Crippen molar-refractivity contribution in [3.05, 3.63) is 45.4 Å². The van der Waals surface area contributed by atoms with Gasteiger partial charge in [0, 0.05) is 25.5 Å². The number of phenolic OH excluding ortho intramolecular Hbond substituents is 1. The first-order chi connectivity index (χ1) is 12.7. The van der Waals surface area contributed by atoms with Gasteiger partial charge < -0.3 is 15.3 Å². The standard InChI is InChI=1S/C20H28N4OS.HI/c1-21-20(22-13-5-6-15-9-11-16(25)12-10-15)24(2)14-19-23-17-7-3-4-8-18(17)26-19;/h9-12,25H,3-8,13-14H2,1-2H3,(H,21,22);1H. The van der Waals surface area contributed by atoms with E-state index < -0.39 is 0 Å². The molecule has 0 amide bonds. The zero-order chi connectivity index (χ0) is 18.4. The number of aliphatic imine (C=N–C) groups is 1. The number of rotatable bonds is 6. The second-order valence-corrected chi connectivity index (χ2v) is 7.95. The molecule has 0 saturated heterocycles. The predicted octanol–water partition coefficient (Wildman–Crippen LogP) is 3.99. The molecule has 3 rings (SSSR count). The van der Waals surface area contributed by atoms with E-state index in [-0.39, 0.29) is 24.0 Å². The molecule has 2 aromatic rings. The van der Waals surface area contributed by atoms with Crippen LogP contribution in [0.3, 0.4) is 0 Å². The average Bonchev–Trinajstić information content (AvgIpc) is 3.05. The fraction of sp³-hybridized carbons (Fsp3) is 0.500. The van der Waals surface area contributed by atoms with Crippen LogP contribution in [0.25, 0.3) is 0 Å². The van der Waals surface area contributed by atoms with Crippen molar-refractivity contribution in [1.29, 1.82) is 0 Å². The number of benzene rings is 1. The second-order valence-electron chi connectivity index (χ2n) is 6.78. The van der Waals surface area contributed by atoms with Crippen LogP contribution in [-0.2, 0) is 25.8 Å². The van der Waals surface area contributed by atoms with Gasteiger partial charge in [-0.2, -0.15) is 0 Å². The number of fused-ring (bicyclic) bond motifs is 1. The zero-order valence-corrected chi connectivity index (χ0v) is 19.2. The molecule has 0 bridgehead atoms. The highest BCUT2D eigenvalue weighted by Gasteiger charge is 2.16. The lowest BCUT2D eigenvalue weighted by Crippen LogP contribution is -2.39. The molecular formula is C20H29IN4OS. The van der Waals surface area contributed by atoms with Crippen molar-refractivity contribution in [2.75, 3.05) is 20.6 Å². The minimum absolute atomic E-state index is 0. The molecule has 148 valence electrons. The minimum Gasteiger partial charge on any atom is -0.508 e. The lowest BCUT2D eigenvalue weighted by atomic mass is 10.0. The molecular weight excluding hydrogens is 471 g/mol. The molecule has 0 fully saturated rings. The Labute approximate surface area is 183 Å². The van der Waals surface area contributed by atoms with Crippen LogP contribution in [0.4, 0.5) is 0 Å². The fourth-order valence-corrected chi connectivity index (χ4v) is 4.50. The Morgan fingerprint density at radius 1 is 1.26 bits per heavy atom. The normalized spacial score (nSPS) is 13.6. The first kappa shape index (κ1) is 21.9. The Hall–Kier alpha value is -1.35. The summed E-state index contributed by atoms with van der Waals surface area (Å²) in [6.45, 7) is 1.67. The summed E-state index contributed by atoms with van der Waals surface area (Å²) in [5, 5.41) is 14.0. The maximum atomic E-state index is 9.33. The van der Waals surface area contributed by atoms with E-state index in [1.807, 2.05) is 30.5 Å². The molecule has 7 heteroatoms. The largest absolute Gasteiger partial charge is 0.508 e. The van der Waals surface area contributed by atoms with Crippen molar-refractivity contribution >= 4 is 41.3 Å². The number of phenols is 1. The molecule has 2 N–H and O–H groups in total. The fourth-order valence-electron chi connectivity index (χ4n) is 3.29. The van der Waals surface area contributed by atoms with Gasteiger partial charge in [0.2, 0.25) is 0 Å². The number of aryl methyl sites for hydroxylation is 3. The maximum absolute atomic E-state index is 9.33. The number of aromatic nitrogens is 1. The van der Waals surface area contributed by atoms with E-state index in [9.17, 15) is 5.11 Å². The van der Waals surface area contributed by atoms with Crippen LogP contribution in [0, 0.1) is 0 Å². The summed E-state index contributed by atoms with van der Waals surface area (Å²) in [4.78, 5) is 12.8. The monoisotopic (exact) mass is 500 g/mol. The third kappa shape index (κ3) is 6.34. The molecule has 0 aliphatic heterocycles. The van der Waals surface area contributed by atoms with Gasteiger partial charge >= 0.3 is 0 Å². The molecule has 0 saturated carbocycles. The van der Waals surface area contributed by atoms with Crippen LogP contribution in [0.15, 0.2) is 29.3 Å². The number of nitrogens with one attached hydrogen (secondary N) is 1. The Morgan fingerprint density at radius 3 is 2.70 bits per heavy atom. The number of halogens is 1. The number of thiazole rings is 1. The molecule has 0 unspecified atom stereocenters. The summed E-state index contributed by atoms with van der Waals surface area (Å²) in [7, 11) is 3.89. The van der Waals surface area contributed by atoms with Crippen molar-refractivity contribution < 1.29 is 5.11 Å². The third-order valence-corrected chi connectivity index (χ3v) is 5.84. The van der Waals surface area contributed by atoms with Gasteiger partial charge in [-0.05, 0) is 56.2 Å². The summed E-state index contributed by atoms with van der Waals surface area (Å²) in [5.74, 6) is 1.22. The molecule has 0 radical (unpaired) electrons. The summed E-state index contributed by atoms with van der Waals surface area (Å²) in [6, 6.07) is 7.42. The Morgan fingerprint density at radius 2 is 2.00 bits per heavy atom. The van der Waals surface area contributed by atoms with Crippen molar-refractivity contribution in [2.24, 2.45) is 4.99 Å². The molecule has 1 aliphatic carbocycles. The van der Waals surface area contributed by atoms with E-state index in [1.165, 1.54) is 40.4 Å². The topological polar surface area (TPSA) is 60.8 Å². The van der Waals surface area contributed by atoms with Crippen LogP contribution in [0.1, 0.15) is 40.4 Å². The maximum Gasteiger partial charge on any atom is 0.193 e. The van der Waals surface area contributed by atoms with Gasteiger partial charge in [0.25, 0.3) is 0 Å². The second kappa shape index (κ2) is 10.8. The van der Waals surface area contributed by atoms with E-state index >= 15 is 0 Å². The highest BCUT2D eigenvalue weighted by Crippen LogP contribution is 2.27. The van der Waals surface area contributed by atoms with Gasteiger partial charge in [0.05, 0.1) is 12.2 Å². The quantitative estimate of drug-likeness (QED) is 0.273. The molecule has 0 spiro atoms. The summed E-state index contributed by atoms with van der Waals surface area (Å²) in [5.41, 5.74) is 2.56. The van der Waals surface area contributed by atoms with Gasteiger partial charge in [0.15, 0.2) is 5.96 Å². The SMILES string of the molecule is CN=C(NCCCc1ccc(O)cc1)N(C)Cc1nc2c(s1)CCCC2.I. The van der Waals surface area contributed by atoms with E-state index in [0.717, 1.165) is 38.3 Å². The minimum atomic E-state index is 0. The molecule has 27 heavy (non-hydrogen) atoms. The Balaban J connectivity index is 0.00000261. The van der Waals surface area contributed by atoms with Gasteiger partial charge in [-0.1, -0.05) is 12.1 Å². The predicted molar refractivity (Wildman–Crippen MR) is 123 cm³/mol. The van der Waals surface area contributed by atoms with E-state index in [4.69, 9.17) is 4.98 Å². The Kier molecular flexibility index (Phi) is 8.82. The number of hydrogen-bond acceptors (Lipinski definition) is 4. The van der Waals surface area contributed by atoms with Gasteiger partial charge in [-0.3, -0.25) is 4.99 Å². The van der Waals surface area contributed by atoms with Crippen molar-refractivity contribution in [1.82, 2.24) is 15.2 Å². The van der Waals surface area contributed by atoms with Crippen LogP contribution in [0.5, 0.6) is 5.75 Å². The molecule has 1 heterocycles. The van der Waals surface area contributed by atoms with Crippen LogP contribution >= 0.6 is 35.3 Å². The highest BCUT2D eigenvalue weighted by molar-refractivity contribution is 14.0. The van der Waals surface area contributed by atoms with E-state index in [1.54, 1.807) is 12.1 Å². The van der Waals surface area contributed by atoms with Crippen LogP contribution in [0.2, 0.25) is 0 Å². The number of hydrogen-bond donors (Lipinski definition) is 2. The zero-order valence-electron chi connectivity index (χ0n) is 16.1. The van der Waals surface area contributed by atoms with Crippen LogP contribution in [-0.4, -0.2) is 41.6 Å². The van der Waals surface area contributed by atoms with E-state index in [0.29, 0.717) is 5.75 Å². The average molecular weight is 500 g/mol. The molecule has 1 aliphatic rings. The molecule has 5 nitrogen and oxygen atoms in total. The molecule has 1 aromatic heterocycles. The van der Waals surface area contributed by atoms with Crippen LogP contribution < -0.4 is 5.32 Å². The summed E-state index contributed by atoms with van der Waals surface area (Å²) in [6.07, 6.45) is 6.90. The first-order valence-corrected chi connectivity index (χ1v) is 10.1. The lowest BCUT2D eigenvalue weighted by Gasteiger charge is -2.21. The van der Waals surface area contributed by atoms with Gasteiger partial charge in [0.1, 0.15) is 10.8 Å². The van der Waals surface area contributed by atoms with Crippen molar-refractivity contribution in [3.8, 4) is 5.75 Å². The number of nitrogens with zero attached hydrogens (tertiary/aromatic N) is 3. The molecule has 0 atom stereocenters. The van der Waals surface area contributed by atoms with Crippen molar-refractivity contribution in [3.63, 3.8) is 0 Å². The first-order valence-electron chi connectivity index (χ1n) is 9.33. The van der Waals surface area contributed by atoms with Crippen molar-refractivity contribution in [2.45, 2.75) is 45.1 Å². The Bertz CT molecular complexity index is 721. The van der Waals surface area contributed by atoms with Gasteiger partial charge in [-0.15, -0.1) is 35.3 Å². The third-order valence-electron chi connectivity index (χ3n) is 4.70. The van der Waals surface area contributed by atoms with E-state index in [2.05, 4.69) is 22.3 Å². The summed E-state index contributed by atoms with van der Waals surface area (Å²) < 4.78 is 0. The number of guanidine groups is 1. The molecule has 1 aromatic carbocycles. The number of aromatic hydroxyl groups is 1.